The Balaban J connectivity index is 1.56. The number of hydrogen-bond donors (Lipinski definition) is 0. The van der Waals surface area contributed by atoms with E-state index in [1.807, 2.05) is 54.7 Å². The highest BCUT2D eigenvalue weighted by Crippen LogP contribution is 2.35. The highest BCUT2D eigenvalue weighted by atomic mass is 19.1. The third-order valence-corrected chi connectivity index (χ3v) is 7.23. The van der Waals surface area contributed by atoms with Crippen molar-refractivity contribution < 1.29 is 8.78 Å². The number of aromatic nitrogens is 2. The van der Waals surface area contributed by atoms with Crippen molar-refractivity contribution in [2.75, 3.05) is 0 Å². The van der Waals surface area contributed by atoms with Gasteiger partial charge in [0.25, 0.3) is 0 Å². The Morgan fingerprint density at radius 2 is 1.07 bits per heavy atom. The molecule has 0 fully saturated rings. The molecule has 0 spiro atoms. The first-order chi connectivity index (χ1) is 19.6. The van der Waals surface area contributed by atoms with Crippen LogP contribution in [0.2, 0.25) is 0 Å². The van der Waals surface area contributed by atoms with E-state index in [0.717, 1.165) is 54.2 Å². The Hall–Kier alpha value is -5.86. The second-order valence-electron chi connectivity index (χ2n) is 9.31. The third-order valence-electron chi connectivity index (χ3n) is 7.23. The molecule has 5 aromatic carbocycles. The quantitative estimate of drug-likeness (QED) is 0.110. The summed E-state index contributed by atoms with van der Waals surface area (Å²) in [5.74, 6) is -1.15. The largest absolute Gasteiger partial charge is 0.228 e. The number of fused-ring (bicyclic) bond motifs is 6. The lowest BCUT2D eigenvalue weighted by molar-refractivity contribution is 0.584. The molecule has 0 N–H and O–H groups in total. The monoisotopic (exact) mass is 520 g/mol. The number of nitrogens with zero attached hydrogens (tertiary/aromatic N) is 6. The molecule has 0 aliphatic heterocycles. The van der Waals surface area contributed by atoms with Gasteiger partial charge in [-0.15, -0.1) is 4.95 Å². The van der Waals surface area contributed by atoms with Crippen LogP contribution in [0.3, 0.4) is 0 Å². The van der Waals surface area contributed by atoms with Crippen molar-refractivity contribution >= 4 is 43.1 Å². The maximum absolute atomic E-state index is 13.8. The lowest BCUT2D eigenvalue weighted by Crippen LogP contribution is -1.99. The highest BCUT2D eigenvalue weighted by molar-refractivity contribution is 6.21. The molecule has 0 aliphatic rings. The number of pyridine rings is 2. The van der Waals surface area contributed by atoms with Crippen molar-refractivity contribution in [1.29, 1.82) is 5.26 Å². The fourth-order valence-corrected chi connectivity index (χ4v) is 5.53. The first kappa shape index (κ1) is 23.3. The molecular weight excluding hydrogens is 506 g/mol. The highest BCUT2D eigenvalue weighted by Gasteiger charge is 2.17. The van der Waals surface area contributed by atoms with E-state index in [-0.39, 0.29) is 0 Å². The summed E-state index contributed by atoms with van der Waals surface area (Å²) in [6.45, 7) is 7.47. The van der Waals surface area contributed by atoms with Crippen LogP contribution in [0, 0.1) is 29.9 Å². The molecule has 7 rings (SSSR count). The summed E-state index contributed by atoms with van der Waals surface area (Å²) < 4.78 is 27.6. The Morgan fingerprint density at radius 1 is 0.600 bits per heavy atom. The molecule has 40 heavy (non-hydrogen) atoms. The van der Waals surface area contributed by atoms with E-state index in [0.29, 0.717) is 21.8 Å². The van der Waals surface area contributed by atoms with Gasteiger partial charge in [-0.3, -0.25) is 0 Å². The lowest BCUT2D eigenvalue weighted by Gasteiger charge is -2.02. The summed E-state index contributed by atoms with van der Waals surface area (Å²) in [5, 5.41) is 21.3. The number of benzene rings is 3. The molecule has 0 radical (unpaired) electrons. The molecule has 0 unspecified atom stereocenters. The molecule has 0 saturated heterocycles. The topological polar surface area (TPSA) is 78.6 Å². The Bertz CT molecular complexity index is 2220. The van der Waals surface area contributed by atoms with Gasteiger partial charge in [0.1, 0.15) is 0 Å². The number of rotatable bonds is 2. The van der Waals surface area contributed by atoms with Crippen LogP contribution in [0.25, 0.3) is 70.3 Å². The molecule has 2 aromatic heterocycles. The van der Waals surface area contributed by atoms with Crippen molar-refractivity contribution in [3.63, 3.8) is 0 Å². The molecule has 6 nitrogen and oxygen atoms in total. The van der Waals surface area contributed by atoms with Crippen molar-refractivity contribution in [2.45, 2.75) is 0 Å². The van der Waals surface area contributed by atoms with Gasteiger partial charge in [-0.05, 0) is 80.2 Å². The number of nitriles is 1. The van der Waals surface area contributed by atoms with Gasteiger partial charge in [0.05, 0.1) is 10.5 Å². The zero-order chi connectivity index (χ0) is 27.4. The molecule has 0 aliphatic carbocycles. The van der Waals surface area contributed by atoms with E-state index in [2.05, 4.69) is 25.0 Å². The van der Waals surface area contributed by atoms with Gasteiger partial charge in [0.15, 0.2) is 5.36 Å². The predicted octanol–water partition coefficient (Wildman–Crippen LogP) is 6.69. The molecule has 0 saturated carbocycles. The van der Waals surface area contributed by atoms with Gasteiger partial charge in [-0.1, -0.05) is 24.3 Å². The zero-order valence-corrected chi connectivity index (χ0v) is 20.5. The minimum Gasteiger partial charge on any atom is -0.228 e. The summed E-state index contributed by atoms with van der Waals surface area (Å²) >= 11 is 0. The van der Waals surface area contributed by atoms with E-state index < -0.39 is 11.9 Å². The van der Waals surface area contributed by atoms with Crippen LogP contribution >= 0.6 is 0 Å². The fourth-order valence-electron chi connectivity index (χ4n) is 5.53. The Labute approximate surface area is 225 Å². The molecule has 8 heteroatoms. The second-order valence-corrected chi connectivity index (χ2v) is 9.31. The number of hydrogen-bond acceptors (Lipinski definition) is 5. The SMILES string of the molecule is [C-]#[N+]/N=c1\c2cc(-c3ccnc(F)c3)ccc2c2cc3c(=NC#N)c4cc(-c5ccnc(F)c5)ccc4c3cc12. The van der Waals surface area contributed by atoms with Crippen molar-refractivity contribution in [3.8, 4) is 28.4 Å². The maximum Gasteiger partial charge on any atom is 0.213 e. The first-order valence-electron chi connectivity index (χ1n) is 12.2. The van der Waals surface area contributed by atoms with Crippen molar-refractivity contribution in [1.82, 2.24) is 9.97 Å². The Kier molecular flexibility index (Phi) is 5.16. The van der Waals surface area contributed by atoms with Gasteiger partial charge < -0.3 is 0 Å². The van der Waals surface area contributed by atoms with Gasteiger partial charge in [-0.25, -0.2) is 9.97 Å². The van der Waals surface area contributed by atoms with Gasteiger partial charge in [-0.2, -0.15) is 25.6 Å². The van der Waals surface area contributed by atoms with Crippen LogP contribution in [0.15, 0.2) is 95.3 Å². The summed E-state index contributed by atoms with van der Waals surface area (Å²) in [6, 6.07) is 21.6. The molecule has 186 valence electrons. The van der Waals surface area contributed by atoms with Crippen LogP contribution in [-0.4, -0.2) is 9.97 Å². The first-order valence-corrected chi connectivity index (χ1v) is 12.2. The average Bonchev–Trinajstić information content (AvgIpc) is 3.43. The van der Waals surface area contributed by atoms with Gasteiger partial charge >= 0.3 is 0 Å². The van der Waals surface area contributed by atoms with Gasteiger partial charge in [0.2, 0.25) is 18.1 Å². The zero-order valence-electron chi connectivity index (χ0n) is 20.5. The minimum atomic E-state index is -0.578. The van der Waals surface area contributed by atoms with E-state index in [4.69, 9.17) is 6.57 Å². The maximum atomic E-state index is 13.8. The molecule has 0 atom stereocenters. The smallest absolute Gasteiger partial charge is 0.213 e. The Morgan fingerprint density at radius 3 is 1.57 bits per heavy atom. The molecule has 0 amide bonds. The molecular formula is C32H14F2N6. The van der Waals surface area contributed by atoms with E-state index in [1.54, 1.807) is 12.1 Å². The number of halogens is 2. The van der Waals surface area contributed by atoms with Crippen LogP contribution in [0.5, 0.6) is 0 Å². The standard InChI is InChI=1S/C32H14F2N6/c1-36-40-32-26-11-18(20-7-9-38-30(34)13-20)3-5-22(26)24-14-27-23(15-28(24)32)21-4-2-17(10-25(21)31(27)39-16-35)19-6-8-37-29(33)12-19/h2-15H/b39-31?,40-32+. The molecule has 2 heterocycles. The minimum absolute atomic E-state index is 0.521. The van der Waals surface area contributed by atoms with E-state index >= 15 is 0 Å². The average molecular weight is 521 g/mol. The summed E-state index contributed by atoms with van der Waals surface area (Å²) in [5.41, 5.74) is 2.87. The van der Waals surface area contributed by atoms with Crippen LogP contribution < -0.4 is 10.7 Å². The fraction of sp³-hybridized carbons (Fsp3) is 0. The summed E-state index contributed by atoms with van der Waals surface area (Å²) in [6.07, 6.45) is 4.75. The summed E-state index contributed by atoms with van der Waals surface area (Å²) in [4.78, 5) is 14.8. The van der Waals surface area contributed by atoms with Crippen molar-refractivity contribution in [3.05, 3.63) is 119 Å². The molecule has 0 bridgehead atoms. The van der Waals surface area contributed by atoms with Crippen LogP contribution in [0.4, 0.5) is 8.78 Å². The van der Waals surface area contributed by atoms with E-state index in [1.165, 1.54) is 24.5 Å². The van der Waals surface area contributed by atoms with Gasteiger partial charge in [0, 0.05) is 46.1 Å². The molecule has 7 aromatic rings. The van der Waals surface area contributed by atoms with Crippen molar-refractivity contribution in [2.24, 2.45) is 10.1 Å². The summed E-state index contributed by atoms with van der Waals surface area (Å²) in [7, 11) is 0. The third kappa shape index (κ3) is 3.52. The lowest BCUT2D eigenvalue weighted by atomic mass is 10.0. The van der Waals surface area contributed by atoms with Crippen LogP contribution in [0.1, 0.15) is 0 Å². The van der Waals surface area contributed by atoms with Crippen LogP contribution in [-0.2, 0) is 0 Å². The second kappa shape index (κ2) is 8.87. The normalized spacial score (nSPS) is 12.5. The van der Waals surface area contributed by atoms with E-state index in [9.17, 15) is 14.0 Å². The predicted molar refractivity (Wildman–Crippen MR) is 149 cm³/mol.